The lowest BCUT2D eigenvalue weighted by molar-refractivity contribution is 0.0339. The van der Waals surface area contributed by atoms with Crippen LogP contribution in [0.1, 0.15) is 20.8 Å². The van der Waals surface area contributed by atoms with Crippen molar-refractivity contribution in [1.82, 2.24) is 4.90 Å². The number of aliphatic hydroxyl groups is 1. The zero-order chi connectivity index (χ0) is 12.6. The highest BCUT2D eigenvalue weighted by Crippen LogP contribution is 2.17. The Morgan fingerprint density at radius 3 is 2.31 bits per heavy atom. The Kier molecular flexibility index (Phi) is 7.93. The Hall–Kier alpha value is -0.160. The zero-order valence-electron chi connectivity index (χ0n) is 11.3. The van der Waals surface area contributed by atoms with Gasteiger partial charge in [-0.15, -0.1) is 0 Å². The predicted octanol–water partition coefficient (Wildman–Crippen LogP) is 0.988. The average molecular weight is 233 g/mol. The van der Waals surface area contributed by atoms with Crippen molar-refractivity contribution >= 4 is 0 Å². The molecule has 1 unspecified atom stereocenters. The topological polar surface area (TPSA) is 41.9 Å². The second-order valence-corrected chi connectivity index (χ2v) is 5.09. The highest BCUT2D eigenvalue weighted by molar-refractivity contribution is 4.76. The third kappa shape index (κ3) is 6.43. The molecule has 4 nitrogen and oxygen atoms in total. The minimum Gasteiger partial charge on any atom is -0.396 e. The van der Waals surface area contributed by atoms with Gasteiger partial charge in [-0.3, -0.25) is 4.90 Å². The van der Waals surface area contributed by atoms with Gasteiger partial charge < -0.3 is 14.6 Å². The molecule has 0 bridgehead atoms. The molecule has 0 radical (unpaired) electrons. The molecule has 0 aromatic carbocycles. The van der Waals surface area contributed by atoms with Gasteiger partial charge in [-0.25, -0.2) is 0 Å². The van der Waals surface area contributed by atoms with Crippen molar-refractivity contribution in [2.45, 2.75) is 26.8 Å². The van der Waals surface area contributed by atoms with Crippen LogP contribution < -0.4 is 0 Å². The van der Waals surface area contributed by atoms with Gasteiger partial charge in [-0.1, -0.05) is 13.8 Å². The molecule has 0 aliphatic heterocycles. The summed E-state index contributed by atoms with van der Waals surface area (Å²) in [6, 6.07) is 0.339. The molecule has 0 aliphatic carbocycles. The molecule has 4 heteroatoms. The molecule has 0 spiro atoms. The van der Waals surface area contributed by atoms with Crippen molar-refractivity contribution in [3.63, 3.8) is 0 Å². The molecule has 0 saturated heterocycles. The van der Waals surface area contributed by atoms with Crippen LogP contribution in [-0.2, 0) is 9.47 Å². The molecule has 0 aliphatic rings. The standard InChI is InChI=1S/C12H27NO3/c1-11(8-16-5)13(6-7-15-4)9-12(2,3)10-14/h11,14H,6-10H2,1-5H3. The van der Waals surface area contributed by atoms with E-state index in [1.54, 1.807) is 14.2 Å². The van der Waals surface area contributed by atoms with Crippen LogP contribution in [0.5, 0.6) is 0 Å². The van der Waals surface area contributed by atoms with E-state index in [0.717, 1.165) is 13.1 Å². The lowest BCUT2D eigenvalue weighted by Gasteiger charge is -2.35. The van der Waals surface area contributed by atoms with Gasteiger partial charge >= 0.3 is 0 Å². The maximum Gasteiger partial charge on any atom is 0.0615 e. The summed E-state index contributed by atoms with van der Waals surface area (Å²) in [6.45, 7) is 9.56. The average Bonchev–Trinajstić information content (AvgIpc) is 2.24. The summed E-state index contributed by atoms with van der Waals surface area (Å²) in [4.78, 5) is 2.29. The van der Waals surface area contributed by atoms with E-state index in [-0.39, 0.29) is 12.0 Å². The Morgan fingerprint density at radius 2 is 1.88 bits per heavy atom. The number of hydrogen-bond donors (Lipinski definition) is 1. The van der Waals surface area contributed by atoms with E-state index in [1.165, 1.54) is 0 Å². The number of aliphatic hydroxyl groups excluding tert-OH is 1. The lowest BCUT2D eigenvalue weighted by Crippen LogP contribution is -2.45. The quantitative estimate of drug-likeness (QED) is 0.645. The van der Waals surface area contributed by atoms with Crippen LogP contribution in [0.15, 0.2) is 0 Å². The molecule has 98 valence electrons. The van der Waals surface area contributed by atoms with Gasteiger partial charge in [-0.05, 0) is 6.92 Å². The van der Waals surface area contributed by atoms with Crippen LogP contribution >= 0.6 is 0 Å². The molecular weight excluding hydrogens is 206 g/mol. The largest absolute Gasteiger partial charge is 0.396 e. The van der Waals surface area contributed by atoms with Crippen molar-refractivity contribution in [1.29, 1.82) is 0 Å². The summed E-state index contributed by atoms with van der Waals surface area (Å²) in [7, 11) is 3.42. The summed E-state index contributed by atoms with van der Waals surface area (Å²) >= 11 is 0. The molecule has 0 rings (SSSR count). The highest BCUT2D eigenvalue weighted by Gasteiger charge is 2.23. The second kappa shape index (κ2) is 8.01. The minimum absolute atomic E-state index is 0.0876. The molecule has 1 N–H and O–H groups in total. The van der Waals surface area contributed by atoms with Crippen LogP contribution in [0.3, 0.4) is 0 Å². The van der Waals surface area contributed by atoms with Crippen LogP contribution in [0, 0.1) is 5.41 Å². The third-order valence-electron chi connectivity index (χ3n) is 2.67. The molecule has 0 aromatic heterocycles. The Bertz CT molecular complexity index is 174. The minimum atomic E-state index is -0.0876. The van der Waals surface area contributed by atoms with E-state index < -0.39 is 0 Å². The number of nitrogens with zero attached hydrogens (tertiary/aromatic N) is 1. The summed E-state index contributed by atoms with van der Waals surface area (Å²) in [6.07, 6.45) is 0. The number of rotatable bonds is 9. The molecule has 16 heavy (non-hydrogen) atoms. The first-order valence-corrected chi connectivity index (χ1v) is 5.79. The van der Waals surface area contributed by atoms with Crippen LogP contribution in [0.2, 0.25) is 0 Å². The van der Waals surface area contributed by atoms with Gasteiger partial charge in [0.2, 0.25) is 0 Å². The maximum absolute atomic E-state index is 9.29. The first kappa shape index (κ1) is 15.8. The van der Waals surface area contributed by atoms with Crippen molar-refractivity contribution in [3.8, 4) is 0 Å². The molecule has 1 atom stereocenters. The van der Waals surface area contributed by atoms with E-state index in [2.05, 4.69) is 25.7 Å². The summed E-state index contributed by atoms with van der Waals surface area (Å²) < 4.78 is 10.3. The normalized spacial score (nSPS) is 14.4. The van der Waals surface area contributed by atoms with E-state index in [1.807, 2.05) is 0 Å². The summed E-state index contributed by atoms with van der Waals surface area (Å²) in [5.41, 5.74) is -0.0876. The number of ether oxygens (including phenoxy) is 2. The molecule has 0 fully saturated rings. The lowest BCUT2D eigenvalue weighted by atomic mass is 9.93. The van der Waals surface area contributed by atoms with Gasteiger partial charge in [0.25, 0.3) is 0 Å². The fourth-order valence-corrected chi connectivity index (χ4v) is 1.61. The van der Waals surface area contributed by atoms with Crippen LogP contribution in [0.25, 0.3) is 0 Å². The molecule has 0 saturated carbocycles. The van der Waals surface area contributed by atoms with E-state index in [9.17, 15) is 5.11 Å². The van der Waals surface area contributed by atoms with Crippen molar-refractivity contribution in [3.05, 3.63) is 0 Å². The van der Waals surface area contributed by atoms with Gasteiger partial charge in [0.05, 0.1) is 13.2 Å². The molecule has 0 amide bonds. The highest BCUT2D eigenvalue weighted by atomic mass is 16.5. The van der Waals surface area contributed by atoms with Gasteiger partial charge in [0.1, 0.15) is 0 Å². The smallest absolute Gasteiger partial charge is 0.0615 e. The Labute approximate surface area is 99.5 Å². The van der Waals surface area contributed by atoms with Crippen LogP contribution in [0.4, 0.5) is 0 Å². The summed E-state index contributed by atoms with van der Waals surface area (Å²) in [5, 5.41) is 9.29. The van der Waals surface area contributed by atoms with E-state index in [4.69, 9.17) is 9.47 Å². The number of methoxy groups -OCH3 is 2. The van der Waals surface area contributed by atoms with Gasteiger partial charge in [-0.2, -0.15) is 0 Å². The molecular formula is C12H27NO3. The first-order valence-electron chi connectivity index (χ1n) is 5.79. The van der Waals surface area contributed by atoms with E-state index >= 15 is 0 Å². The monoisotopic (exact) mass is 233 g/mol. The van der Waals surface area contributed by atoms with Gasteiger partial charge in [0.15, 0.2) is 0 Å². The Morgan fingerprint density at radius 1 is 1.25 bits per heavy atom. The van der Waals surface area contributed by atoms with Crippen molar-refractivity contribution < 1.29 is 14.6 Å². The molecule has 0 aromatic rings. The second-order valence-electron chi connectivity index (χ2n) is 5.09. The maximum atomic E-state index is 9.29. The fourth-order valence-electron chi connectivity index (χ4n) is 1.61. The number of hydrogen-bond acceptors (Lipinski definition) is 4. The zero-order valence-corrected chi connectivity index (χ0v) is 11.3. The van der Waals surface area contributed by atoms with Gasteiger partial charge in [0, 0.05) is 45.4 Å². The van der Waals surface area contributed by atoms with Crippen LogP contribution in [-0.4, -0.2) is 63.2 Å². The predicted molar refractivity (Wildman–Crippen MR) is 65.7 cm³/mol. The van der Waals surface area contributed by atoms with E-state index in [0.29, 0.717) is 19.3 Å². The fraction of sp³-hybridized carbons (Fsp3) is 1.00. The SMILES string of the molecule is COCCN(CC(C)(C)CO)C(C)COC. The summed E-state index contributed by atoms with van der Waals surface area (Å²) in [5.74, 6) is 0. The van der Waals surface area contributed by atoms with Crippen molar-refractivity contribution in [2.24, 2.45) is 5.41 Å². The molecule has 0 heterocycles. The first-order chi connectivity index (χ1) is 7.46. The van der Waals surface area contributed by atoms with Crippen molar-refractivity contribution in [2.75, 3.05) is 47.1 Å². The third-order valence-corrected chi connectivity index (χ3v) is 2.67. The Balaban J connectivity index is 4.29.